The highest BCUT2D eigenvalue weighted by atomic mass is 79.9. The SMILES string of the molecule is C=C1N=c2cc(Br)c(OC)cc2=[N+]1COCC[Si](C)(C)C. The van der Waals surface area contributed by atoms with E-state index in [0.717, 1.165) is 33.6 Å². The van der Waals surface area contributed by atoms with Gasteiger partial charge < -0.3 is 9.47 Å². The fourth-order valence-corrected chi connectivity index (χ4v) is 3.26. The maximum atomic E-state index is 5.81. The summed E-state index contributed by atoms with van der Waals surface area (Å²) in [5, 5.41) is 1.87. The molecule has 1 aliphatic rings. The molecular formula is C15H22BrN2O2Si+. The van der Waals surface area contributed by atoms with Crippen molar-refractivity contribution in [3.8, 4) is 5.75 Å². The summed E-state index contributed by atoms with van der Waals surface area (Å²) in [6.45, 7) is 12.3. The number of fused-ring (bicyclic) bond motifs is 1. The molecule has 0 radical (unpaired) electrons. The van der Waals surface area contributed by atoms with Crippen molar-refractivity contribution in [2.45, 2.75) is 25.7 Å². The van der Waals surface area contributed by atoms with Crippen LogP contribution >= 0.6 is 15.9 Å². The van der Waals surface area contributed by atoms with Crippen LogP contribution in [0.4, 0.5) is 0 Å². The molecule has 0 saturated heterocycles. The Kier molecular flexibility index (Phi) is 5.01. The summed E-state index contributed by atoms with van der Waals surface area (Å²) >= 11 is 3.48. The maximum Gasteiger partial charge on any atom is 0.319 e. The van der Waals surface area contributed by atoms with Gasteiger partial charge in [-0.25, -0.2) is 0 Å². The Balaban J connectivity index is 2.20. The summed E-state index contributed by atoms with van der Waals surface area (Å²) in [7, 11) is 0.595. The molecule has 0 aromatic heterocycles. The van der Waals surface area contributed by atoms with E-state index in [1.807, 2.05) is 16.7 Å². The van der Waals surface area contributed by atoms with E-state index in [9.17, 15) is 0 Å². The molecule has 1 heterocycles. The van der Waals surface area contributed by atoms with Crippen LogP contribution in [-0.4, -0.2) is 28.5 Å². The van der Waals surface area contributed by atoms with E-state index in [1.165, 1.54) is 0 Å². The summed E-state index contributed by atoms with van der Waals surface area (Å²) < 4.78 is 14.0. The Morgan fingerprint density at radius 1 is 1.33 bits per heavy atom. The number of rotatable bonds is 6. The molecule has 0 amide bonds. The van der Waals surface area contributed by atoms with E-state index in [0.29, 0.717) is 12.6 Å². The Labute approximate surface area is 134 Å². The molecule has 2 rings (SSSR count). The fourth-order valence-electron chi connectivity index (χ4n) is 2.01. The van der Waals surface area contributed by atoms with Crippen molar-refractivity contribution in [3.05, 3.63) is 39.7 Å². The van der Waals surface area contributed by atoms with Gasteiger partial charge in [-0.05, 0) is 33.5 Å². The topological polar surface area (TPSA) is 33.8 Å². The number of methoxy groups -OCH3 is 1. The van der Waals surface area contributed by atoms with Gasteiger partial charge in [0.1, 0.15) is 5.75 Å². The van der Waals surface area contributed by atoms with Crippen LogP contribution < -0.4 is 20.0 Å². The van der Waals surface area contributed by atoms with Crippen LogP contribution in [-0.2, 0) is 4.74 Å². The van der Waals surface area contributed by atoms with E-state index < -0.39 is 8.07 Å². The van der Waals surface area contributed by atoms with E-state index in [2.05, 4.69) is 47.1 Å². The largest absolute Gasteiger partial charge is 0.495 e. The van der Waals surface area contributed by atoms with Crippen molar-refractivity contribution in [1.29, 1.82) is 0 Å². The number of ether oxygens (including phenoxy) is 2. The van der Waals surface area contributed by atoms with Gasteiger partial charge in [0, 0.05) is 26.8 Å². The number of hydrogen-bond donors (Lipinski definition) is 0. The lowest BCUT2D eigenvalue weighted by Crippen LogP contribution is -2.35. The second-order valence-electron chi connectivity index (χ2n) is 6.28. The van der Waals surface area contributed by atoms with Crippen LogP contribution in [0, 0.1) is 0 Å². The Hall–Kier alpha value is -0.983. The zero-order valence-corrected chi connectivity index (χ0v) is 15.7. The number of nitrogens with zero attached hydrogens (tertiary/aromatic N) is 2. The van der Waals surface area contributed by atoms with Gasteiger partial charge in [0.25, 0.3) is 0 Å². The van der Waals surface area contributed by atoms with E-state index in [-0.39, 0.29) is 0 Å². The lowest BCUT2D eigenvalue weighted by atomic mass is 10.3. The highest BCUT2D eigenvalue weighted by Crippen LogP contribution is 2.20. The third kappa shape index (κ3) is 4.02. The molecule has 0 N–H and O–H groups in total. The first-order valence-corrected chi connectivity index (χ1v) is 11.5. The minimum atomic E-state index is -1.06. The average Bonchev–Trinajstić information content (AvgIpc) is 2.67. The number of halogens is 1. The molecule has 0 unspecified atom stereocenters. The quantitative estimate of drug-likeness (QED) is 0.438. The molecule has 0 bridgehead atoms. The number of hydrogen-bond acceptors (Lipinski definition) is 3. The average molecular weight is 370 g/mol. The predicted octanol–water partition coefficient (Wildman–Crippen LogP) is 2.37. The molecule has 1 aromatic rings. The van der Waals surface area contributed by atoms with Crippen molar-refractivity contribution in [2.75, 3.05) is 20.4 Å². The first kappa shape index (κ1) is 16.4. The van der Waals surface area contributed by atoms with Crippen molar-refractivity contribution < 1.29 is 9.47 Å². The van der Waals surface area contributed by atoms with Gasteiger partial charge in [-0.1, -0.05) is 19.6 Å². The summed E-state index contributed by atoms with van der Waals surface area (Å²) in [5.41, 5.74) is 0. The standard InChI is InChI=1S/C15H22BrN2O2Si/c1-11-17-13-8-12(16)15(19-2)9-14(13)18(11)10-20-6-7-21(3,4)5/h8-9H,1,6-7,10H2,2-5H3/q+1. The van der Waals surface area contributed by atoms with Crippen LogP contribution in [0.5, 0.6) is 5.75 Å². The molecule has 0 atom stereocenters. The van der Waals surface area contributed by atoms with Gasteiger partial charge in [-0.2, -0.15) is 4.58 Å². The molecule has 1 aromatic carbocycles. The summed E-state index contributed by atoms with van der Waals surface area (Å²) in [6.07, 6.45) is 0. The summed E-state index contributed by atoms with van der Waals surface area (Å²) in [6, 6.07) is 5.06. The van der Waals surface area contributed by atoms with E-state index in [1.54, 1.807) is 7.11 Å². The molecule has 0 spiro atoms. The minimum Gasteiger partial charge on any atom is -0.495 e. The van der Waals surface area contributed by atoms with Gasteiger partial charge >= 0.3 is 5.82 Å². The smallest absolute Gasteiger partial charge is 0.319 e. The third-order valence-electron chi connectivity index (χ3n) is 3.32. The molecule has 0 aliphatic carbocycles. The molecular weight excluding hydrogens is 348 g/mol. The summed E-state index contributed by atoms with van der Waals surface area (Å²) in [5.74, 6) is 1.49. The van der Waals surface area contributed by atoms with Crippen LogP contribution in [0.25, 0.3) is 0 Å². The zero-order valence-electron chi connectivity index (χ0n) is 13.1. The van der Waals surface area contributed by atoms with Gasteiger partial charge in [-0.15, -0.1) is 0 Å². The van der Waals surface area contributed by atoms with Crippen LogP contribution in [0.3, 0.4) is 0 Å². The van der Waals surface area contributed by atoms with Crippen molar-refractivity contribution in [2.24, 2.45) is 4.99 Å². The molecule has 114 valence electrons. The molecule has 1 aliphatic heterocycles. The molecule has 0 saturated carbocycles. The predicted molar refractivity (Wildman–Crippen MR) is 90.8 cm³/mol. The van der Waals surface area contributed by atoms with Crippen molar-refractivity contribution >= 4 is 24.0 Å². The van der Waals surface area contributed by atoms with Crippen LogP contribution in [0.1, 0.15) is 0 Å². The monoisotopic (exact) mass is 369 g/mol. The Morgan fingerprint density at radius 3 is 2.67 bits per heavy atom. The first-order valence-electron chi connectivity index (χ1n) is 6.95. The Morgan fingerprint density at radius 2 is 2.05 bits per heavy atom. The second kappa shape index (κ2) is 6.42. The third-order valence-corrected chi connectivity index (χ3v) is 5.64. The summed E-state index contributed by atoms with van der Waals surface area (Å²) in [4.78, 5) is 4.47. The van der Waals surface area contributed by atoms with E-state index >= 15 is 0 Å². The fraction of sp³-hybridized carbons (Fsp3) is 0.467. The van der Waals surface area contributed by atoms with Gasteiger partial charge in [0.15, 0.2) is 12.1 Å². The van der Waals surface area contributed by atoms with Crippen LogP contribution in [0.15, 0.2) is 34.0 Å². The minimum absolute atomic E-state index is 0.477. The van der Waals surface area contributed by atoms with Crippen molar-refractivity contribution in [3.63, 3.8) is 0 Å². The lowest BCUT2D eigenvalue weighted by molar-refractivity contribution is 0.121. The normalized spacial score (nSPS) is 14.1. The van der Waals surface area contributed by atoms with Gasteiger partial charge in [-0.3, -0.25) is 0 Å². The first-order chi connectivity index (χ1) is 9.81. The molecule has 4 nitrogen and oxygen atoms in total. The molecule has 0 fully saturated rings. The molecule has 21 heavy (non-hydrogen) atoms. The zero-order chi connectivity index (χ0) is 15.6. The lowest BCUT2D eigenvalue weighted by Gasteiger charge is -2.14. The number of benzene rings is 1. The van der Waals surface area contributed by atoms with E-state index in [4.69, 9.17) is 9.47 Å². The maximum absolute atomic E-state index is 5.81. The van der Waals surface area contributed by atoms with Crippen molar-refractivity contribution in [1.82, 2.24) is 4.58 Å². The highest BCUT2D eigenvalue weighted by Gasteiger charge is 2.21. The second-order valence-corrected chi connectivity index (χ2v) is 12.8. The highest BCUT2D eigenvalue weighted by molar-refractivity contribution is 9.10. The Bertz CT molecular complexity index is 680. The molecule has 6 heteroatoms. The van der Waals surface area contributed by atoms with Crippen LogP contribution in [0.2, 0.25) is 25.7 Å². The van der Waals surface area contributed by atoms with Gasteiger partial charge in [0.05, 0.1) is 11.6 Å². The van der Waals surface area contributed by atoms with Gasteiger partial charge in [0.2, 0.25) is 5.36 Å².